The second-order valence-corrected chi connectivity index (χ2v) is 4.34. The fourth-order valence-corrected chi connectivity index (χ4v) is 2.25. The van der Waals surface area contributed by atoms with E-state index in [1.54, 1.807) is 0 Å². The van der Waals surface area contributed by atoms with Crippen molar-refractivity contribution in [3.63, 3.8) is 0 Å². The predicted octanol–water partition coefficient (Wildman–Crippen LogP) is 2.78. The van der Waals surface area contributed by atoms with Gasteiger partial charge in [-0.15, -0.1) is 0 Å². The highest BCUT2D eigenvalue weighted by Crippen LogP contribution is 2.21. The number of allylic oxidation sites excluding steroid dienone is 2. The van der Waals surface area contributed by atoms with Crippen LogP contribution in [-0.4, -0.2) is 22.3 Å². The van der Waals surface area contributed by atoms with Crippen LogP contribution in [0.1, 0.15) is 44.9 Å². The van der Waals surface area contributed by atoms with E-state index < -0.39 is 0 Å². The summed E-state index contributed by atoms with van der Waals surface area (Å²) in [7, 11) is 0. The predicted molar refractivity (Wildman–Crippen MR) is 61.3 cm³/mol. The summed E-state index contributed by atoms with van der Waals surface area (Å²) >= 11 is 0. The number of rotatable bonds is 1. The van der Waals surface area contributed by atoms with Gasteiger partial charge in [-0.1, -0.05) is 19.3 Å². The van der Waals surface area contributed by atoms with Crippen LogP contribution < -0.4 is 0 Å². The Balaban J connectivity index is 1.99. The number of aliphatic imine (C=N–C) groups is 1. The highest BCUT2D eigenvalue weighted by Gasteiger charge is 2.15. The van der Waals surface area contributed by atoms with Crippen molar-refractivity contribution in [1.82, 2.24) is 0 Å². The van der Waals surface area contributed by atoms with Gasteiger partial charge in [0.05, 0.1) is 12.5 Å². The molecule has 0 radical (unpaired) electrons. The lowest BCUT2D eigenvalue weighted by Crippen LogP contribution is -2.15. The van der Waals surface area contributed by atoms with E-state index in [4.69, 9.17) is 10.5 Å². The maximum atomic E-state index is 8.60. The smallest absolute Gasteiger partial charge is 0.292 e. The molecule has 0 atom stereocenters. The van der Waals surface area contributed by atoms with Crippen LogP contribution >= 0.6 is 0 Å². The van der Waals surface area contributed by atoms with E-state index in [1.807, 2.05) is 12.2 Å². The van der Waals surface area contributed by atoms with Gasteiger partial charge < -0.3 is 5.53 Å². The normalized spacial score (nSPS) is 25.6. The molecule has 1 saturated carbocycles. The molecule has 15 heavy (non-hydrogen) atoms. The Morgan fingerprint density at radius 1 is 1.13 bits per heavy atom. The van der Waals surface area contributed by atoms with Gasteiger partial charge in [0.2, 0.25) is 0 Å². The molecule has 80 valence electrons. The minimum atomic E-state index is 0.547. The molecule has 0 unspecified atom stereocenters. The monoisotopic (exact) mass is 203 g/mol. The summed E-state index contributed by atoms with van der Waals surface area (Å²) in [4.78, 5) is 7.96. The van der Waals surface area contributed by atoms with E-state index in [1.165, 1.54) is 37.8 Å². The topological polar surface area (TPSA) is 48.8 Å². The molecule has 2 rings (SSSR count). The van der Waals surface area contributed by atoms with Gasteiger partial charge in [0.1, 0.15) is 0 Å². The zero-order valence-electron chi connectivity index (χ0n) is 9.02. The minimum absolute atomic E-state index is 0.547. The largest absolute Gasteiger partial charge is 0.361 e. The van der Waals surface area contributed by atoms with Gasteiger partial charge in [0.25, 0.3) is 5.71 Å². The van der Waals surface area contributed by atoms with Crippen LogP contribution in [0.2, 0.25) is 0 Å². The Morgan fingerprint density at radius 3 is 2.53 bits per heavy atom. The van der Waals surface area contributed by atoms with Gasteiger partial charge in [-0.05, 0) is 18.9 Å². The first-order chi connectivity index (χ1) is 7.38. The molecule has 0 heterocycles. The molecule has 2 aliphatic rings. The SMILES string of the molecule is [N-]=[N+]=C1C=CC(=NC2CCCCC2)CC1. The summed E-state index contributed by atoms with van der Waals surface area (Å²) in [5, 5.41) is 0. The van der Waals surface area contributed by atoms with Crippen molar-refractivity contribution in [3.05, 3.63) is 17.7 Å². The molecule has 0 saturated heterocycles. The lowest BCUT2D eigenvalue weighted by molar-refractivity contribution is -0.00621. The maximum absolute atomic E-state index is 8.60. The molecule has 3 nitrogen and oxygen atoms in total. The molecule has 0 bridgehead atoms. The molecule has 1 fully saturated rings. The van der Waals surface area contributed by atoms with Crippen LogP contribution in [0.3, 0.4) is 0 Å². The molecule has 3 heteroatoms. The van der Waals surface area contributed by atoms with Crippen LogP contribution in [-0.2, 0) is 0 Å². The third kappa shape index (κ3) is 2.87. The van der Waals surface area contributed by atoms with Crippen molar-refractivity contribution in [1.29, 1.82) is 0 Å². The van der Waals surface area contributed by atoms with Gasteiger partial charge in [0, 0.05) is 18.2 Å². The molecular weight excluding hydrogens is 186 g/mol. The summed E-state index contributed by atoms with van der Waals surface area (Å²) in [6.45, 7) is 0. The fourth-order valence-electron chi connectivity index (χ4n) is 2.25. The fraction of sp³-hybridized carbons (Fsp3) is 0.667. The highest BCUT2D eigenvalue weighted by atomic mass is 14.9. The molecule has 0 aromatic heterocycles. The van der Waals surface area contributed by atoms with Gasteiger partial charge >= 0.3 is 0 Å². The molecule has 2 aliphatic carbocycles. The average molecular weight is 203 g/mol. The lowest BCUT2D eigenvalue weighted by atomic mass is 9.95. The summed E-state index contributed by atoms with van der Waals surface area (Å²) in [5.74, 6) is 0. The summed E-state index contributed by atoms with van der Waals surface area (Å²) in [6, 6.07) is 0.547. The number of hydrogen-bond donors (Lipinski definition) is 0. The number of hydrogen-bond acceptors (Lipinski definition) is 1. The third-order valence-corrected chi connectivity index (χ3v) is 3.16. The molecule has 0 aliphatic heterocycles. The van der Waals surface area contributed by atoms with E-state index in [-0.39, 0.29) is 0 Å². The van der Waals surface area contributed by atoms with Gasteiger partial charge in [-0.25, -0.2) is 0 Å². The summed E-state index contributed by atoms with van der Waals surface area (Å²) in [6.07, 6.45) is 12.1. The van der Waals surface area contributed by atoms with Crippen LogP contribution in [0, 0.1) is 0 Å². The lowest BCUT2D eigenvalue weighted by Gasteiger charge is -2.19. The van der Waals surface area contributed by atoms with Crippen molar-refractivity contribution in [2.24, 2.45) is 4.99 Å². The van der Waals surface area contributed by atoms with Crippen molar-refractivity contribution in [3.8, 4) is 0 Å². The molecular formula is C12H17N3. The van der Waals surface area contributed by atoms with Crippen molar-refractivity contribution >= 4 is 11.4 Å². The molecule has 0 aromatic rings. The van der Waals surface area contributed by atoms with E-state index in [0.29, 0.717) is 6.04 Å². The van der Waals surface area contributed by atoms with Gasteiger partial charge in [-0.2, -0.15) is 4.79 Å². The van der Waals surface area contributed by atoms with Crippen LogP contribution in [0.25, 0.3) is 5.53 Å². The van der Waals surface area contributed by atoms with Crippen LogP contribution in [0.5, 0.6) is 0 Å². The van der Waals surface area contributed by atoms with Gasteiger partial charge in [-0.3, -0.25) is 4.99 Å². The zero-order chi connectivity index (χ0) is 10.5. The second kappa shape index (κ2) is 5.04. The first kappa shape index (κ1) is 10.3. The summed E-state index contributed by atoms with van der Waals surface area (Å²) < 4.78 is 0. The first-order valence-corrected chi connectivity index (χ1v) is 5.84. The van der Waals surface area contributed by atoms with Crippen LogP contribution in [0.4, 0.5) is 0 Å². The molecule has 0 spiro atoms. The highest BCUT2D eigenvalue weighted by molar-refractivity contribution is 6.07. The Bertz CT molecular complexity index is 329. The molecule has 0 aromatic carbocycles. The van der Waals surface area contributed by atoms with Gasteiger partial charge in [0.15, 0.2) is 0 Å². The Hall–Kier alpha value is -1.21. The Kier molecular flexibility index (Phi) is 3.46. The summed E-state index contributed by atoms with van der Waals surface area (Å²) in [5.41, 5.74) is 10.5. The van der Waals surface area contributed by atoms with E-state index >= 15 is 0 Å². The van der Waals surface area contributed by atoms with Crippen LogP contribution in [0.15, 0.2) is 17.1 Å². The minimum Gasteiger partial charge on any atom is -0.361 e. The standard InChI is InChI=1S/C12H17N3/c13-15-12-8-6-11(7-9-12)14-10-4-2-1-3-5-10/h6,8,10H,1-5,7,9H2. The molecule has 0 N–H and O–H groups in total. The van der Waals surface area contributed by atoms with Crippen molar-refractivity contribution in [2.45, 2.75) is 51.0 Å². The van der Waals surface area contributed by atoms with Crippen molar-refractivity contribution < 1.29 is 4.79 Å². The van der Waals surface area contributed by atoms with E-state index in [9.17, 15) is 0 Å². The quantitative estimate of drug-likeness (QED) is 0.465. The van der Waals surface area contributed by atoms with E-state index in [2.05, 4.69) is 4.79 Å². The Morgan fingerprint density at radius 2 is 1.93 bits per heavy atom. The third-order valence-electron chi connectivity index (χ3n) is 3.16. The number of nitrogens with zero attached hydrogens (tertiary/aromatic N) is 3. The Labute approximate surface area is 90.5 Å². The van der Waals surface area contributed by atoms with E-state index in [0.717, 1.165) is 18.6 Å². The second-order valence-electron chi connectivity index (χ2n) is 4.34. The average Bonchev–Trinajstić information content (AvgIpc) is 2.31. The zero-order valence-corrected chi connectivity index (χ0v) is 9.02. The molecule has 0 amide bonds. The first-order valence-electron chi connectivity index (χ1n) is 5.84. The maximum Gasteiger partial charge on any atom is 0.292 e. The van der Waals surface area contributed by atoms with Crippen molar-refractivity contribution in [2.75, 3.05) is 0 Å².